The highest BCUT2D eigenvalue weighted by molar-refractivity contribution is 6.00. The third kappa shape index (κ3) is 4.28. The van der Waals surface area contributed by atoms with E-state index in [1.54, 1.807) is 0 Å². The highest BCUT2D eigenvalue weighted by Gasteiger charge is 2.23. The van der Waals surface area contributed by atoms with E-state index in [0.717, 1.165) is 24.0 Å². The molecular formula is C26H24N2O2. The van der Waals surface area contributed by atoms with Crippen molar-refractivity contribution in [2.75, 3.05) is 13.2 Å². The SMILES string of the molecule is c1ccc(C[C@H]2COC(c3cccc(C4=N[C@@H](Cc5ccccc5)CO4)c3)=N2)cc1. The Balaban J connectivity index is 1.29. The quantitative estimate of drug-likeness (QED) is 0.617. The Morgan fingerprint density at radius 1 is 0.600 bits per heavy atom. The smallest absolute Gasteiger partial charge is 0.216 e. The standard InChI is InChI=1S/C26H24N2O2/c1-3-8-19(9-4-1)14-23-17-29-25(27-23)21-12-7-13-22(16-21)26-28-24(18-30-26)15-20-10-5-2-6-11-20/h1-13,16,23-24H,14-15,17-18H2/t23-,24-/m0/s1. The van der Waals surface area contributed by atoms with E-state index >= 15 is 0 Å². The van der Waals surface area contributed by atoms with Crippen LogP contribution in [0.3, 0.4) is 0 Å². The zero-order valence-electron chi connectivity index (χ0n) is 16.8. The molecule has 0 fully saturated rings. The van der Waals surface area contributed by atoms with E-state index in [-0.39, 0.29) is 12.1 Å². The fourth-order valence-corrected chi connectivity index (χ4v) is 3.91. The summed E-state index contributed by atoms with van der Waals surface area (Å²) in [5.41, 5.74) is 4.51. The predicted octanol–water partition coefficient (Wildman–Crippen LogP) is 4.46. The van der Waals surface area contributed by atoms with Crippen LogP contribution in [-0.2, 0) is 22.3 Å². The lowest BCUT2D eigenvalue weighted by molar-refractivity contribution is 0.316. The van der Waals surface area contributed by atoms with Crippen LogP contribution in [0.1, 0.15) is 22.3 Å². The molecule has 150 valence electrons. The van der Waals surface area contributed by atoms with Crippen molar-refractivity contribution in [3.05, 3.63) is 107 Å². The molecule has 0 saturated heterocycles. The Morgan fingerprint density at radius 2 is 1.07 bits per heavy atom. The van der Waals surface area contributed by atoms with Gasteiger partial charge in [-0.1, -0.05) is 66.7 Å². The maximum Gasteiger partial charge on any atom is 0.216 e. The first kappa shape index (κ1) is 18.6. The maximum atomic E-state index is 5.91. The van der Waals surface area contributed by atoms with Gasteiger partial charge in [0.25, 0.3) is 0 Å². The maximum absolute atomic E-state index is 5.91. The number of nitrogens with zero attached hydrogens (tertiary/aromatic N) is 2. The summed E-state index contributed by atoms with van der Waals surface area (Å²) in [6.45, 7) is 1.23. The molecule has 0 unspecified atom stereocenters. The van der Waals surface area contributed by atoms with Crippen molar-refractivity contribution in [3.63, 3.8) is 0 Å². The molecule has 0 radical (unpaired) electrons. The van der Waals surface area contributed by atoms with Gasteiger partial charge in [0.05, 0.1) is 12.1 Å². The van der Waals surface area contributed by atoms with Crippen LogP contribution in [0.25, 0.3) is 0 Å². The largest absolute Gasteiger partial charge is 0.475 e. The summed E-state index contributed by atoms with van der Waals surface area (Å²) in [5, 5.41) is 0. The summed E-state index contributed by atoms with van der Waals surface area (Å²) in [6.07, 6.45) is 1.78. The molecule has 0 N–H and O–H groups in total. The molecule has 0 aliphatic carbocycles. The van der Waals surface area contributed by atoms with Crippen molar-refractivity contribution in [2.45, 2.75) is 24.9 Å². The molecule has 30 heavy (non-hydrogen) atoms. The van der Waals surface area contributed by atoms with Gasteiger partial charge in [-0.3, -0.25) is 0 Å². The summed E-state index contributed by atoms with van der Waals surface area (Å²) < 4.78 is 11.8. The van der Waals surface area contributed by atoms with E-state index in [9.17, 15) is 0 Å². The summed E-state index contributed by atoms with van der Waals surface area (Å²) in [5.74, 6) is 1.41. The van der Waals surface area contributed by atoms with Gasteiger partial charge in [0.1, 0.15) is 13.2 Å². The summed E-state index contributed by atoms with van der Waals surface area (Å²) in [6, 6.07) is 29.3. The predicted molar refractivity (Wildman–Crippen MR) is 119 cm³/mol. The highest BCUT2D eigenvalue weighted by Crippen LogP contribution is 2.20. The number of benzene rings is 3. The minimum Gasteiger partial charge on any atom is -0.475 e. The number of rotatable bonds is 6. The zero-order valence-corrected chi connectivity index (χ0v) is 16.8. The molecule has 2 atom stereocenters. The Labute approximate surface area is 176 Å². The fourth-order valence-electron chi connectivity index (χ4n) is 3.91. The molecule has 4 nitrogen and oxygen atoms in total. The third-order valence-corrected chi connectivity index (χ3v) is 5.41. The first-order valence-electron chi connectivity index (χ1n) is 10.4. The topological polar surface area (TPSA) is 43.2 Å². The minimum absolute atomic E-state index is 0.154. The minimum atomic E-state index is 0.154. The van der Waals surface area contributed by atoms with E-state index in [2.05, 4.69) is 54.6 Å². The highest BCUT2D eigenvalue weighted by atomic mass is 16.5. The van der Waals surface area contributed by atoms with Crippen LogP contribution in [0.2, 0.25) is 0 Å². The van der Waals surface area contributed by atoms with E-state index in [4.69, 9.17) is 19.5 Å². The molecule has 5 rings (SSSR count). The van der Waals surface area contributed by atoms with Crippen LogP contribution >= 0.6 is 0 Å². The molecule has 0 bridgehead atoms. The Hall–Kier alpha value is -3.40. The molecule has 3 aromatic carbocycles. The van der Waals surface area contributed by atoms with Gasteiger partial charge in [-0.2, -0.15) is 0 Å². The second kappa shape index (κ2) is 8.54. The summed E-state index contributed by atoms with van der Waals surface area (Å²) in [7, 11) is 0. The molecule has 2 aliphatic rings. The van der Waals surface area contributed by atoms with Crippen LogP contribution < -0.4 is 0 Å². The normalized spacial score (nSPS) is 20.3. The molecular weight excluding hydrogens is 372 g/mol. The van der Waals surface area contributed by atoms with Crippen molar-refractivity contribution in [1.29, 1.82) is 0 Å². The van der Waals surface area contributed by atoms with Gasteiger partial charge in [0, 0.05) is 11.1 Å². The van der Waals surface area contributed by atoms with Crippen molar-refractivity contribution in [2.24, 2.45) is 9.98 Å². The van der Waals surface area contributed by atoms with E-state index in [1.165, 1.54) is 11.1 Å². The monoisotopic (exact) mass is 396 g/mol. The van der Waals surface area contributed by atoms with Crippen molar-refractivity contribution >= 4 is 11.8 Å². The molecule has 0 amide bonds. The average molecular weight is 396 g/mol. The van der Waals surface area contributed by atoms with Crippen molar-refractivity contribution in [1.82, 2.24) is 0 Å². The van der Waals surface area contributed by atoms with Crippen LogP contribution in [0, 0.1) is 0 Å². The van der Waals surface area contributed by atoms with Crippen LogP contribution in [0.4, 0.5) is 0 Å². The number of aliphatic imine (C=N–C) groups is 2. The molecule has 0 aromatic heterocycles. The van der Waals surface area contributed by atoms with Gasteiger partial charge in [-0.25, -0.2) is 9.98 Å². The van der Waals surface area contributed by atoms with E-state index < -0.39 is 0 Å². The number of hydrogen-bond donors (Lipinski definition) is 0. The lowest BCUT2D eigenvalue weighted by atomic mass is 10.1. The van der Waals surface area contributed by atoms with E-state index in [0.29, 0.717) is 25.0 Å². The van der Waals surface area contributed by atoms with Gasteiger partial charge in [-0.05, 0) is 42.2 Å². The van der Waals surface area contributed by atoms with Crippen LogP contribution in [0.15, 0.2) is 94.9 Å². The second-order valence-corrected chi connectivity index (χ2v) is 7.76. The Bertz CT molecular complexity index is 978. The lowest BCUT2D eigenvalue weighted by Gasteiger charge is -2.05. The molecule has 2 aliphatic heterocycles. The van der Waals surface area contributed by atoms with Crippen molar-refractivity contribution < 1.29 is 9.47 Å². The first-order valence-corrected chi connectivity index (χ1v) is 10.4. The summed E-state index contributed by atoms with van der Waals surface area (Å²) >= 11 is 0. The molecule has 0 saturated carbocycles. The van der Waals surface area contributed by atoms with E-state index in [1.807, 2.05) is 30.3 Å². The van der Waals surface area contributed by atoms with Gasteiger partial charge in [0.2, 0.25) is 11.8 Å². The Morgan fingerprint density at radius 3 is 1.53 bits per heavy atom. The van der Waals surface area contributed by atoms with Crippen LogP contribution in [-0.4, -0.2) is 37.1 Å². The first-order chi connectivity index (χ1) is 14.8. The Kier molecular flexibility index (Phi) is 5.30. The van der Waals surface area contributed by atoms with Crippen LogP contribution in [0.5, 0.6) is 0 Å². The second-order valence-electron chi connectivity index (χ2n) is 7.76. The van der Waals surface area contributed by atoms with Crippen molar-refractivity contribution in [3.8, 4) is 0 Å². The summed E-state index contributed by atoms with van der Waals surface area (Å²) in [4.78, 5) is 9.61. The molecule has 3 aromatic rings. The zero-order chi connectivity index (χ0) is 20.2. The lowest BCUT2D eigenvalue weighted by Crippen LogP contribution is -2.09. The number of hydrogen-bond acceptors (Lipinski definition) is 4. The van der Waals surface area contributed by atoms with Gasteiger partial charge >= 0.3 is 0 Å². The third-order valence-electron chi connectivity index (χ3n) is 5.41. The fraction of sp³-hybridized carbons (Fsp3) is 0.231. The molecule has 4 heteroatoms. The van der Waals surface area contributed by atoms with Gasteiger partial charge < -0.3 is 9.47 Å². The van der Waals surface area contributed by atoms with Gasteiger partial charge in [-0.15, -0.1) is 0 Å². The molecule has 2 heterocycles. The molecule has 0 spiro atoms. The van der Waals surface area contributed by atoms with Gasteiger partial charge in [0.15, 0.2) is 0 Å². The number of ether oxygens (including phenoxy) is 2. The average Bonchev–Trinajstić information content (AvgIpc) is 3.45.